The number of carbonyl (C=O) groups excluding carboxylic acids is 1. The molecule has 0 radical (unpaired) electrons. The van der Waals surface area contributed by atoms with Gasteiger partial charge in [-0.05, 0) is 25.0 Å². The van der Waals surface area contributed by atoms with Crippen LogP contribution in [0, 0.1) is 5.82 Å². The minimum Gasteiger partial charge on any atom is -0.379 e. The standard InChI is InChI=1S/C16H16ClFN4O/c17-13-9-20-10-14(18)15(13)21-12-3-7-22(8-4-12)16(23)11-1-5-19-6-2-11/h1-2,5-6,9-10,12H,3-4,7-8H2,(H,20,21). The van der Waals surface area contributed by atoms with Crippen LogP contribution < -0.4 is 5.32 Å². The molecule has 0 saturated carbocycles. The lowest BCUT2D eigenvalue weighted by Gasteiger charge is -2.33. The quantitative estimate of drug-likeness (QED) is 0.937. The molecule has 1 amide bonds. The van der Waals surface area contributed by atoms with Gasteiger partial charge in [0.15, 0.2) is 5.82 Å². The van der Waals surface area contributed by atoms with Crippen molar-refractivity contribution >= 4 is 23.2 Å². The van der Waals surface area contributed by atoms with Gasteiger partial charge in [0.1, 0.15) is 0 Å². The molecule has 1 fully saturated rings. The maximum Gasteiger partial charge on any atom is 0.253 e. The lowest BCUT2D eigenvalue weighted by molar-refractivity contribution is 0.0718. The fourth-order valence-corrected chi connectivity index (χ4v) is 2.86. The fourth-order valence-electron chi connectivity index (χ4n) is 2.66. The number of hydrogen-bond donors (Lipinski definition) is 1. The fraction of sp³-hybridized carbons (Fsp3) is 0.312. The predicted octanol–water partition coefficient (Wildman–Crippen LogP) is 2.99. The molecule has 1 aliphatic heterocycles. The number of carbonyl (C=O) groups is 1. The van der Waals surface area contributed by atoms with E-state index in [9.17, 15) is 9.18 Å². The third-order valence-corrected chi connectivity index (χ3v) is 4.20. The summed E-state index contributed by atoms with van der Waals surface area (Å²) in [4.78, 5) is 21.8. The van der Waals surface area contributed by atoms with Gasteiger partial charge in [-0.15, -0.1) is 0 Å². The average Bonchev–Trinajstić information content (AvgIpc) is 2.59. The zero-order valence-corrected chi connectivity index (χ0v) is 13.1. The van der Waals surface area contributed by atoms with Crippen LogP contribution in [0.25, 0.3) is 0 Å². The molecule has 23 heavy (non-hydrogen) atoms. The molecule has 2 aromatic heterocycles. The van der Waals surface area contributed by atoms with Crippen LogP contribution in [-0.2, 0) is 0 Å². The summed E-state index contributed by atoms with van der Waals surface area (Å²) >= 11 is 5.97. The zero-order chi connectivity index (χ0) is 16.2. The molecule has 3 rings (SSSR count). The smallest absolute Gasteiger partial charge is 0.253 e. The summed E-state index contributed by atoms with van der Waals surface area (Å²) in [5, 5.41) is 3.39. The van der Waals surface area contributed by atoms with Crippen molar-refractivity contribution in [2.24, 2.45) is 0 Å². The number of rotatable bonds is 3. The van der Waals surface area contributed by atoms with Gasteiger partial charge in [-0.2, -0.15) is 0 Å². The molecule has 3 heterocycles. The second-order valence-corrected chi connectivity index (χ2v) is 5.83. The summed E-state index contributed by atoms with van der Waals surface area (Å²) in [7, 11) is 0. The van der Waals surface area contributed by atoms with Crippen LogP contribution in [-0.4, -0.2) is 39.9 Å². The molecule has 0 aromatic carbocycles. The summed E-state index contributed by atoms with van der Waals surface area (Å²) < 4.78 is 13.8. The topological polar surface area (TPSA) is 58.1 Å². The highest BCUT2D eigenvalue weighted by Crippen LogP contribution is 2.26. The van der Waals surface area contributed by atoms with Crippen molar-refractivity contribution in [1.29, 1.82) is 0 Å². The van der Waals surface area contributed by atoms with E-state index in [-0.39, 0.29) is 22.7 Å². The average molecular weight is 335 g/mol. The van der Waals surface area contributed by atoms with Crippen molar-refractivity contribution in [2.45, 2.75) is 18.9 Å². The highest BCUT2D eigenvalue weighted by atomic mass is 35.5. The zero-order valence-electron chi connectivity index (χ0n) is 12.4. The summed E-state index contributed by atoms with van der Waals surface area (Å²) in [6.45, 7) is 1.23. The number of nitrogens with zero attached hydrogens (tertiary/aromatic N) is 3. The van der Waals surface area contributed by atoms with E-state index in [0.717, 1.165) is 19.0 Å². The molecular formula is C16H16ClFN4O. The molecule has 2 aromatic rings. The van der Waals surface area contributed by atoms with Crippen LogP contribution in [0.3, 0.4) is 0 Å². The van der Waals surface area contributed by atoms with Crippen LogP contribution in [0.15, 0.2) is 36.9 Å². The Kier molecular flexibility index (Phi) is 4.71. The van der Waals surface area contributed by atoms with E-state index in [1.165, 1.54) is 6.20 Å². The molecular weight excluding hydrogens is 319 g/mol. The van der Waals surface area contributed by atoms with Crippen molar-refractivity contribution in [2.75, 3.05) is 18.4 Å². The van der Waals surface area contributed by atoms with E-state index >= 15 is 0 Å². The summed E-state index contributed by atoms with van der Waals surface area (Å²) in [5.41, 5.74) is 0.912. The normalized spacial score (nSPS) is 15.5. The second-order valence-electron chi connectivity index (χ2n) is 5.42. The van der Waals surface area contributed by atoms with Crippen molar-refractivity contribution < 1.29 is 9.18 Å². The van der Waals surface area contributed by atoms with Gasteiger partial charge in [-0.25, -0.2) is 4.39 Å². The highest BCUT2D eigenvalue weighted by Gasteiger charge is 2.24. The molecule has 1 saturated heterocycles. The number of piperidine rings is 1. The number of hydrogen-bond acceptors (Lipinski definition) is 4. The maximum atomic E-state index is 13.8. The Hall–Kier alpha value is -2.21. The molecule has 0 bridgehead atoms. The number of halogens is 2. The number of amides is 1. The van der Waals surface area contributed by atoms with Crippen LogP contribution in [0.2, 0.25) is 5.02 Å². The van der Waals surface area contributed by atoms with Gasteiger partial charge in [0.05, 0.1) is 16.9 Å². The first-order valence-electron chi connectivity index (χ1n) is 7.40. The second kappa shape index (κ2) is 6.91. The van der Waals surface area contributed by atoms with Gasteiger partial charge >= 0.3 is 0 Å². The first kappa shape index (κ1) is 15.7. The number of pyridine rings is 2. The van der Waals surface area contributed by atoms with Gasteiger partial charge < -0.3 is 10.2 Å². The molecule has 120 valence electrons. The molecule has 0 atom stereocenters. The van der Waals surface area contributed by atoms with Gasteiger partial charge in [0.2, 0.25) is 0 Å². The van der Waals surface area contributed by atoms with Crippen molar-refractivity contribution in [3.8, 4) is 0 Å². The van der Waals surface area contributed by atoms with Crippen LogP contribution in [0.5, 0.6) is 0 Å². The first-order chi connectivity index (χ1) is 11.1. The Bertz CT molecular complexity index is 669. The minimum absolute atomic E-state index is 0.000950. The number of anilines is 1. The van der Waals surface area contributed by atoms with Gasteiger partial charge in [-0.1, -0.05) is 11.6 Å². The van der Waals surface area contributed by atoms with E-state index in [1.54, 1.807) is 29.4 Å². The molecule has 7 heteroatoms. The van der Waals surface area contributed by atoms with Crippen LogP contribution >= 0.6 is 11.6 Å². The van der Waals surface area contributed by atoms with Crippen molar-refractivity contribution in [3.63, 3.8) is 0 Å². The van der Waals surface area contributed by atoms with E-state index < -0.39 is 5.82 Å². The SMILES string of the molecule is O=C(c1ccncc1)N1CCC(Nc2c(F)cncc2Cl)CC1. The van der Waals surface area contributed by atoms with Gasteiger partial charge in [0.25, 0.3) is 5.91 Å². The summed E-state index contributed by atoms with van der Waals surface area (Å²) in [5.74, 6) is -0.466. The van der Waals surface area contributed by atoms with Gasteiger partial charge in [-0.3, -0.25) is 14.8 Å². The third-order valence-electron chi connectivity index (χ3n) is 3.91. The van der Waals surface area contributed by atoms with E-state index in [4.69, 9.17) is 11.6 Å². The monoisotopic (exact) mass is 334 g/mol. The lowest BCUT2D eigenvalue weighted by Crippen LogP contribution is -2.42. The number of likely N-dealkylation sites (tertiary alicyclic amines) is 1. The summed E-state index contributed by atoms with van der Waals surface area (Å²) in [6.07, 6.45) is 7.22. The van der Waals surface area contributed by atoms with Crippen molar-refractivity contribution in [3.05, 3.63) is 53.3 Å². The van der Waals surface area contributed by atoms with Crippen molar-refractivity contribution in [1.82, 2.24) is 14.9 Å². The third kappa shape index (κ3) is 3.59. The Labute approximate surface area is 138 Å². The number of nitrogens with one attached hydrogen (secondary N) is 1. The highest BCUT2D eigenvalue weighted by molar-refractivity contribution is 6.33. The Morgan fingerprint density at radius 1 is 1.22 bits per heavy atom. The molecule has 0 aliphatic carbocycles. The molecule has 5 nitrogen and oxygen atoms in total. The van der Waals surface area contributed by atoms with Crippen LogP contribution in [0.4, 0.5) is 10.1 Å². The van der Waals surface area contributed by atoms with E-state index in [1.807, 2.05) is 0 Å². The van der Waals surface area contributed by atoms with E-state index in [0.29, 0.717) is 18.7 Å². The molecule has 1 N–H and O–H groups in total. The predicted molar refractivity (Wildman–Crippen MR) is 86.0 cm³/mol. The first-order valence-corrected chi connectivity index (χ1v) is 7.78. The molecule has 0 spiro atoms. The Morgan fingerprint density at radius 2 is 1.91 bits per heavy atom. The lowest BCUT2D eigenvalue weighted by atomic mass is 10.0. The largest absolute Gasteiger partial charge is 0.379 e. The Balaban J connectivity index is 1.60. The van der Waals surface area contributed by atoms with Gasteiger partial charge in [0, 0.05) is 43.3 Å². The molecule has 1 aliphatic rings. The van der Waals surface area contributed by atoms with Crippen LogP contribution in [0.1, 0.15) is 23.2 Å². The number of aromatic nitrogens is 2. The van der Waals surface area contributed by atoms with E-state index in [2.05, 4.69) is 15.3 Å². The minimum atomic E-state index is -0.465. The maximum absolute atomic E-state index is 13.8. The Morgan fingerprint density at radius 3 is 2.57 bits per heavy atom. The summed E-state index contributed by atoms with van der Waals surface area (Å²) in [6, 6.07) is 3.49. The molecule has 0 unspecified atom stereocenters.